The summed E-state index contributed by atoms with van der Waals surface area (Å²) in [6.07, 6.45) is 2.67. The highest BCUT2D eigenvalue weighted by Crippen LogP contribution is 2.30. The predicted octanol–water partition coefficient (Wildman–Crippen LogP) is 3.56. The summed E-state index contributed by atoms with van der Waals surface area (Å²) in [5, 5.41) is 3.56. The molecule has 0 bridgehead atoms. The van der Waals surface area contributed by atoms with Crippen molar-refractivity contribution in [3.8, 4) is 0 Å². The van der Waals surface area contributed by atoms with Crippen LogP contribution >= 0.6 is 23.3 Å². The summed E-state index contributed by atoms with van der Waals surface area (Å²) in [7, 11) is 0. The van der Waals surface area contributed by atoms with E-state index in [1.807, 2.05) is 6.92 Å². The van der Waals surface area contributed by atoms with Crippen molar-refractivity contribution in [2.45, 2.75) is 48.5 Å². The molecule has 0 unspecified atom stereocenters. The minimum atomic E-state index is 0.762. The lowest BCUT2D eigenvalue weighted by Crippen LogP contribution is -2.15. The molecule has 0 spiro atoms. The Morgan fingerprint density at radius 1 is 1.37 bits per heavy atom. The number of rotatable bonds is 5. The van der Waals surface area contributed by atoms with E-state index in [0.717, 1.165) is 22.8 Å². The van der Waals surface area contributed by atoms with Crippen molar-refractivity contribution in [1.29, 1.82) is 0 Å². The maximum absolute atomic E-state index is 4.38. The molecule has 1 heterocycles. The number of benzene rings is 1. The summed E-state index contributed by atoms with van der Waals surface area (Å²) >= 11 is 3.16. The van der Waals surface area contributed by atoms with Crippen LogP contribution in [-0.2, 0) is 6.54 Å². The van der Waals surface area contributed by atoms with E-state index >= 15 is 0 Å². The Kier molecular flexibility index (Phi) is 3.86. The smallest absolute Gasteiger partial charge is 0.174 e. The van der Waals surface area contributed by atoms with Crippen LogP contribution in [-0.4, -0.2) is 15.4 Å². The Balaban J connectivity index is 1.67. The zero-order valence-electron chi connectivity index (χ0n) is 11.1. The minimum Gasteiger partial charge on any atom is -0.310 e. The van der Waals surface area contributed by atoms with Crippen LogP contribution in [0.1, 0.15) is 29.8 Å². The van der Waals surface area contributed by atoms with E-state index in [1.165, 1.54) is 40.4 Å². The number of hydrogen-bond donors (Lipinski definition) is 1. The molecule has 1 saturated carbocycles. The monoisotopic (exact) mass is 291 g/mol. The summed E-state index contributed by atoms with van der Waals surface area (Å²) in [6, 6.07) is 7.41. The van der Waals surface area contributed by atoms with Gasteiger partial charge in [-0.25, -0.2) is 4.98 Å². The van der Waals surface area contributed by atoms with Gasteiger partial charge in [0.2, 0.25) is 0 Å². The summed E-state index contributed by atoms with van der Waals surface area (Å²) in [5.41, 5.74) is 2.74. The molecule has 1 aliphatic rings. The molecule has 3 rings (SSSR count). The highest BCUT2D eigenvalue weighted by molar-refractivity contribution is 8.01. The van der Waals surface area contributed by atoms with Gasteiger partial charge in [-0.2, -0.15) is 4.37 Å². The molecule has 100 valence electrons. The van der Waals surface area contributed by atoms with Crippen molar-refractivity contribution in [2.24, 2.45) is 0 Å². The quantitative estimate of drug-likeness (QED) is 0.914. The van der Waals surface area contributed by atoms with Crippen molar-refractivity contribution in [3.05, 3.63) is 35.2 Å². The van der Waals surface area contributed by atoms with Crippen molar-refractivity contribution in [3.63, 3.8) is 0 Å². The Morgan fingerprint density at radius 3 is 2.84 bits per heavy atom. The maximum atomic E-state index is 4.38. The molecule has 1 fully saturated rings. The molecule has 1 aromatic carbocycles. The first kappa shape index (κ1) is 13.1. The third-order valence-corrected chi connectivity index (χ3v) is 5.02. The topological polar surface area (TPSA) is 37.8 Å². The van der Waals surface area contributed by atoms with Crippen LogP contribution in [0.15, 0.2) is 27.4 Å². The average Bonchev–Trinajstić information content (AvgIpc) is 3.12. The Bertz CT molecular complexity index is 576. The molecule has 0 amide bonds. The molecule has 0 aliphatic heterocycles. The third kappa shape index (κ3) is 3.55. The van der Waals surface area contributed by atoms with E-state index in [9.17, 15) is 0 Å². The molecule has 3 nitrogen and oxygen atoms in total. The van der Waals surface area contributed by atoms with E-state index in [2.05, 4.69) is 39.8 Å². The first-order valence-corrected chi connectivity index (χ1v) is 8.11. The summed E-state index contributed by atoms with van der Waals surface area (Å²) in [5.74, 6) is 0.856. The van der Waals surface area contributed by atoms with Crippen LogP contribution in [0.4, 0.5) is 0 Å². The zero-order valence-corrected chi connectivity index (χ0v) is 12.8. The van der Waals surface area contributed by atoms with E-state index in [0.29, 0.717) is 0 Å². The van der Waals surface area contributed by atoms with Crippen molar-refractivity contribution < 1.29 is 0 Å². The normalized spacial score (nSPS) is 14.8. The SMILES string of the molecule is Cc1nsc(Sc2ccc(CNC3CC3)c(C)c2)n1. The van der Waals surface area contributed by atoms with Crippen LogP contribution in [0.3, 0.4) is 0 Å². The number of aromatic nitrogens is 2. The van der Waals surface area contributed by atoms with E-state index in [1.54, 1.807) is 11.8 Å². The summed E-state index contributed by atoms with van der Waals surface area (Å²) < 4.78 is 5.22. The predicted molar refractivity (Wildman–Crippen MR) is 79.8 cm³/mol. The molecule has 0 radical (unpaired) electrons. The molecule has 1 aromatic heterocycles. The van der Waals surface area contributed by atoms with Crippen molar-refractivity contribution in [1.82, 2.24) is 14.7 Å². The molecule has 5 heteroatoms. The van der Waals surface area contributed by atoms with Crippen LogP contribution < -0.4 is 5.32 Å². The molecule has 19 heavy (non-hydrogen) atoms. The second-order valence-corrected chi connectivity index (χ2v) is 7.03. The number of nitrogens with one attached hydrogen (secondary N) is 1. The van der Waals surface area contributed by atoms with Gasteiger partial charge < -0.3 is 5.32 Å². The lowest BCUT2D eigenvalue weighted by Gasteiger charge is -2.08. The molecular formula is C14H17N3S2. The standard InChI is InChI=1S/C14H17N3S2/c1-9-7-13(18-14-16-10(2)17-19-14)6-3-11(9)8-15-12-4-5-12/h3,6-7,12,15H,4-5,8H2,1-2H3. The third-order valence-electron chi connectivity index (χ3n) is 3.19. The number of nitrogens with zero attached hydrogens (tertiary/aromatic N) is 2. The highest BCUT2D eigenvalue weighted by atomic mass is 32.2. The van der Waals surface area contributed by atoms with E-state index < -0.39 is 0 Å². The maximum Gasteiger partial charge on any atom is 0.174 e. The Morgan fingerprint density at radius 2 is 2.21 bits per heavy atom. The molecule has 0 atom stereocenters. The average molecular weight is 291 g/mol. The number of aryl methyl sites for hydroxylation is 2. The number of hydrogen-bond acceptors (Lipinski definition) is 5. The van der Waals surface area contributed by atoms with Crippen LogP contribution in [0.2, 0.25) is 0 Å². The second-order valence-electron chi connectivity index (χ2n) is 4.95. The molecule has 1 N–H and O–H groups in total. The van der Waals surface area contributed by atoms with Gasteiger partial charge in [-0.1, -0.05) is 17.8 Å². The van der Waals surface area contributed by atoms with Gasteiger partial charge in [0.25, 0.3) is 0 Å². The van der Waals surface area contributed by atoms with Gasteiger partial charge in [-0.15, -0.1) is 0 Å². The highest BCUT2D eigenvalue weighted by Gasteiger charge is 2.20. The molecule has 0 saturated heterocycles. The summed E-state index contributed by atoms with van der Waals surface area (Å²) in [6.45, 7) is 5.09. The Labute approximate surface area is 122 Å². The molecule has 1 aliphatic carbocycles. The van der Waals surface area contributed by atoms with E-state index in [4.69, 9.17) is 0 Å². The lowest BCUT2D eigenvalue weighted by atomic mass is 10.1. The van der Waals surface area contributed by atoms with Crippen LogP contribution in [0.25, 0.3) is 0 Å². The van der Waals surface area contributed by atoms with Crippen molar-refractivity contribution in [2.75, 3.05) is 0 Å². The van der Waals surface area contributed by atoms with Gasteiger partial charge >= 0.3 is 0 Å². The first-order chi connectivity index (χ1) is 9.20. The zero-order chi connectivity index (χ0) is 13.2. The summed E-state index contributed by atoms with van der Waals surface area (Å²) in [4.78, 5) is 5.62. The Hall–Kier alpha value is -0.910. The molecular weight excluding hydrogens is 274 g/mol. The van der Waals surface area contributed by atoms with Gasteiger partial charge in [-0.3, -0.25) is 0 Å². The second kappa shape index (κ2) is 5.61. The van der Waals surface area contributed by atoms with Gasteiger partial charge in [0, 0.05) is 17.5 Å². The van der Waals surface area contributed by atoms with Crippen molar-refractivity contribution >= 4 is 23.3 Å². The molecule has 2 aromatic rings. The van der Waals surface area contributed by atoms with Gasteiger partial charge in [0.1, 0.15) is 5.82 Å². The fourth-order valence-electron chi connectivity index (χ4n) is 1.89. The largest absolute Gasteiger partial charge is 0.310 e. The van der Waals surface area contributed by atoms with Crippen LogP contribution in [0.5, 0.6) is 0 Å². The fraction of sp³-hybridized carbons (Fsp3) is 0.429. The van der Waals surface area contributed by atoms with Gasteiger partial charge in [0.15, 0.2) is 4.34 Å². The van der Waals surface area contributed by atoms with Gasteiger partial charge in [-0.05, 0) is 61.5 Å². The first-order valence-electron chi connectivity index (χ1n) is 6.52. The lowest BCUT2D eigenvalue weighted by molar-refractivity contribution is 0.685. The van der Waals surface area contributed by atoms with Gasteiger partial charge in [0.05, 0.1) is 0 Å². The minimum absolute atomic E-state index is 0.762. The van der Waals surface area contributed by atoms with E-state index in [-0.39, 0.29) is 0 Å². The van der Waals surface area contributed by atoms with Crippen LogP contribution in [0, 0.1) is 13.8 Å². The fourth-order valence-corrected chi connectivity index (χ4v) is 3.62.